The van der Waals surface area contributed by atoms with Gasteiger partial charge in [0.15, 0.2) is 0 Å². The molecule has 0 bridgehead atoms. The van der Waals surface area contributed by atoms with Crippen LogP contribution in [0.4, 0.5) is 0 Å². The lowest BCUT2D eigenvalue weighted by Crippen LogP contribution is -2.55. The smallest absolute Gasteiger partial charge is 0.0964 e. The molecule has 1 aromatic heterocycles. The van der Waals surface area contributed by atoms with Crippen LogP contribution < -0.4 is 0 Å². The van der Waals surface area contributed by atoms with Crippen molar-refractivity contribution in [2.45, 2.75) is 43.9 Å². The molecule has 2 aliphatic heterocycles. The van der Waals surface area contributed by atoms with Gasteiger partial charge in [-0.3, -0.25) is 4.90 Å². The van der Waals surface area contributed by atoms with E-state index < -0.39 is 0 Å². The second-order valence-corrected chi connectivity index (χ2v) is 6.75. The minimum absolute atomic E-state index is 0.266. The highest BCUT2D eigenvalue weighted by atomic mass is 16.5. The predicted molar refractivity (Wildman–Crippen MR) is 86.7 cm³/mol. The van der Waals surface area contributed by atoms with Crippen molar-refractivity contribution in [2.24, 2.45) is 0 Å². The monoisotopic (exact) mass is 300 g/mol. The highest BCUT2D eigenvalue weighted by molar-refractivity contribution is 5.79. The zero-order chi connectivity index (χ0) is 15.0. The molecule has 4 rings (SSSR count). The first kappa shape index (κ1) is 14.2. The minimum atomic E-state index is -0.279. The molecule has 2 aromatic rings. The van der Waals surface area contributed by atoms with Crippen LogP contribution >= 0.6 is 0 Å². The van der Waals surface area contributed by atoms with E-state index in [9.17, 15) is 5.11 Å². The number of aliphatic hydroxyl groups is 1. The number of benzene rings is 1. The fraction of sp³-hybridized carbons (Fsp3) is 0.556. The molecule has 118 valence electrons. The molecule has 0 aliphatic carbocycles. The van der Waals surface area contributed by atoms with E-state index in [-0.39, 0.29) is 11.7 Å². The number of hydrogen-bond acceptors (Lipinski definition) is 3. The number of aliphatic hydroxyl groups excluding tert-OH is 1. The maximum atomic E-state index is 10.3. The van der Waals surface area contributed by atoms with Gasteiger partial charge in [0.25, 0.3) is 0 Å². The van der Waals surface area contributed by atoms with Crippen molar-refractivity contribution in [1.82, 2.24) is 9.88 Å². The lowest BCUT2D eigenvalue weighted by Gasteiger charge is -2.46. The van der Waals surface area contributed by atoms with E-state index in [4.69, 9.17) is 4.74 Å². The van der Waals surface area contributed by atoms with Gasteiger partial charge in [-0.05, 0) is 48.8 Å². The van der Waals surface area contributed by atoms with Crippen molar-refractivity contribution in [2.75, 3.05) is 19.7 Å². The molecule has 3 heterocycles. The number of aromatic amines is 1. The maximum absolute atomic E-state index is 10.3. The Morgan fingerprint density at radius 3 is 2.95 bits per heavy atom. The van der Waals surface area contributed by atoms with Crippen LogP contribution in [0.2, 0.25) is 0 Å². The lowest BCUT2D eigenvalue weighted by molar-refractivity contribution is -0.177. The fourth-order valence-corrected chi connectivity index (χ4v) is 3.93. The molecular formula is C18H24N2O2. The second-order valence-electron chi connectivity index (χ2n) is 6.75. The average Bonchev–Trinajstić information content (AvgIpc) is 3.00. The van der Waals surface area contributed by atoms with Crippen molar-refractivity contribution in [3.05, 3.63) is 36.0 Å². The number of hydrogen-bond donors (Lipinski definition) is 2. The third kappa shape index (κ3) is 2.56. The number of aromatic nitrogens is 1. The SMILES string of the molecule is OC1CCCOC12CCN(Cc1ccc3cc[nH]c3c1)CC2. The van der Waals surface area contributed by atoms with Gasteiger partial charge in [-0.25, -0.2) is 0 Å². The Morgan fingerprint density at radius 1 is 1.27 bits per heavy atom. The van der Waals surface area contributed by atoms with Gasteiger partial charge in [0.1, 0.15) is 0 Å². The molecule has 0 radical (unpaired) electrons. The van der Waals surface area contributed by atoms with Crippen molar-refractivity contribution in [3.8, 4) is 0 Å². The Morgan fingerprint density at radius 2 is 2.14 bits per heavy atom. The average molecular weight is 300 g/mol. The van der Waals surface area contributed by atoms with Gasteiger partial charge in [0.05, 0.1) is 11.7 Å². The number of piperidine rings is 1. The molecule has 4 nitrogen and oxygen atoms in total. The van der Waals surface area contributed by atoms with Crippen LogP contribution in [-0.2, 0) is 11.3 Å². The fourth-order valence-electron chi connectivity index (χ4n) is 3.93. The summed E-state index contributed by atoms with van der Waals surface area (Å²) >= 11 is 0. The molecule has 1 atom stereocenters. The Bertz CT molecular complexity index is 643. The third-order valence-corrected chi connectivity index (χ3v) is 5.35. The van der Waals surface area contributed by atoms with Gasteiger partial charge in [0, 0.05) is 38.0 Å². The summed E-state index contributed by atoms with van der Waals surface area (Å²) in [5.41, 5.74) is 2.28. The van der Waals surface area contributed by atoms with Crippen molar-refractivity contribution >= 4 is 10.9 Å². The first-order valence-electron chi connectivity index (χ1n) is 8.36. The van der Waals surface area contributed by atoms with E-state index in [1.807, 2.05) is 6.20 Å². The number of nitrogens with one attached hydrogen (secondary N) is 1. The van der Waals surface area contributed by atoms with Crippen LogP contribution in [-0.4, -0.2) is 46.4 Å². The van der Waals surface area contributed by atoms with Gasteiger partial charge < -0.3 is 14.8 Å². The summed E-state index contributed by atoms with van der Waals surface area (Å²) in [6.45, 7) is 3.78. The summed E-state index contributed by atoms with van der Waals surface area (Å²) in [5, 5.41) is 11.6. The first-order chi connectivity index (χ1) is 10.8. The van der Waals surface area contributed by atoms with Crippen LogP contribution in [0, 0.1) is 0 Å². The van der Waals surface area contributed by atoms with Crippen LogP contribution in [0.25, 0.3) is 10.9 Å². The zero-order valence-corrected chi connectivity index (χ0v) is 12.9. The summed E-state index contributed by atoms with van der Waals surface area (Å²) in [6.07, 6.45) is 5.48. The molecule has 0 saturated carbocycles. The zero-order valence-electron chi connectivity index (χ0n) is 12.9. The van der Waals surface area contributed by atoms with Gasteiger partial charge >= 0.3 is 0 Å². The Kier molecular flexibility index (Phi) is 3.68. The molecule has 1 spiro atoms. The number of rotatable bonds is 2. The molecule has 2 N–H and O–H groups in total. The van der Waals surface area contributed by atoms with Crippen LogP contribution in [0.3, 0.4) is 0 Å². The quantitative estimate of drug-likeness (QED) is 0.896. The predicted octanol–water partition coefficient (Wildman–Crippen LogP) is 2.67. The highest BCUT2D eigenvalue weighted by Gasteiger charge is 2.43. The van der Waals surface area contributed by atoms with Gasteiger partial charge in [0.2, 0.25) is 0 Å². The van der Waals surface area contributed by atoms with Crippen LogP contribution in [0.15, 0.2) is 30.5 Å². The van der Waals surface area contributed by atoms with E-state index in [0.29, 0.717) is 0 Å². The van der Waals surface area contributed by atoms with Gasteiger partial charge in [-0.1, -0.05) is 12.1 Å². The third-order valence-electron chi connectivity index (χ3n) is 5.35. The molecular weight excluding hydrogens is 276 g/mol. The van der Waals surface area contributed by atoms with E-state index in [0.717, 1.165) is 51.9 Å². The topological polar surface area (TPSA) is 48.5 Å². The minimum Gasteiger partial charge on any atom is -0.390 e. The number of nitrogens with zero attached hydrogens (tertiary/aromatic N) is 1. The molecule has 0 amide bonds. The van der Waals surface area contributed by atoms with E-state index in [2.05, 4.69) is 34.1 Å². The van der Waals surface area contributed by atoms with E-state index >= 15 is 0 Å². The van der Waals surface area contributed by atoms with Crippen LogP contribution in [0.5, 0.6) is 0 Å². The largest absolute Gasteiger partial charge is 0.390 e. The van der Waals surface area contributed by atoms with Crippen molar-refractivity contribution < 1.29 is 9.84 Å². The Labute approximate surface area is 131 Å². The number of H-pyrrole nitrogens is 1. The molecule has 1 unspecified atom stereocenters. The Balaban J connectivity index is 1.41. The highest BCUT2D eigenvalue weighted by Crippen LogP contribution is 2.35. The van der Waals surface area contributed by atoms with Gasteiger partial charge in [-0.15, -0.1) is 0 Å². The van der Waals surface area contributed by atoms with E-state index in [1.165, 1.54) is 16.5 Å². The number of fused-ring (bicyclic) bond motifs is 1. The molecule has 2 saturated heterocycles. The summed E-state index contributed by atoms with van der Waals surface area (Å²) in [5.74, 6) is 0. The number of ether oxygens (including phenoxy) is 1. The van der Waals surface area contributed by atoms with E-state index in [1.54, 1.807) is 0 Å². The van der Waals surface area contributed by atoms with Crippen LogP contribution in [0.1, 0.15) is 31.2 Å². The Hall–Kier alpha value is -1.36. The number of likely N-dealkylation sites (tertiary alicyclic amines) is 1. The molecule has 4 heteroatoms. The van der Waals surface area contributed by atoms with Gasteiger partial charge in [-0.2, -0.15) is 0 Å². The lowest BCUT2D eigenvalue weighted by atomic mass is 9.82. The summed E-state index contributed by atoms with van der Waals surface area (Å²) < 4.78 is 5.98. The summed E-state index contributed by atoms with van der Waals surface area (Å²) in [7, 11) is 0. The molecule has 2 fully saturated rings. The molecule has 22 heavy (non-hydrogen) atoms. The second kappa shape index (κ2) is 5.69. The summed E-state index contributed by atoms with van der Waals surface area (Å²) in [6, 6.07) is 8.74. The molecule has 2 aliphatic rings. The standard InChI is InChI=1S/C18H24N2O2/c21-17-2-1-11-22-18(17)6-9-20(10-7-18)13-14-3-4-15-5-8-19-16(15)12-14/h3-5,8,12,17,19,21H,1-2,6-7,9-11,13H2. The normalized spacial score (nSPS) is 25.8. The molecule has 1 aromatic carbocycles. The maximum Gasteiger partial charge on any atom is 0.0964 e. The van der Waals surface area contributed by atoms with Crippen molar-refractivity contribution in [3.63, 3.8) is 0 Å². The van der Waals surface area contributed by atoms with Crippen molar-refractivity contribution in [1.29, 1.82) is 0 Å². The first-order valence-corrected chi connectivity index (χ1v) is 8.36. The summed E-state index contributed by atoms with van der Waals surface area (Å²) in [4.78, 5) is 5.75.